The molecule has 0 unspecified atom stereocenters. The summed E-state index contributed by atoms with van der Waals surface area (Å²) in [5.41, 5.74) is 3.62. The molecule has 0 saturated heterocycles. The number of amides is 1. The Morgan fingerprint density at radius 3 is 2.42 bits per heavy atom. The monoisotopic (exact) mass is 323 g/mol. The van der Waals surface area contributed by atoms with Gasteiger partial charge < -0.3 is 9.84 Å². The molecule has 0 radical (unpaired) electrons. The third-order valence-electron chi connectivity index (χ3n) is 2.91. The van der Waals surface area contributed by atoms with E-state index < -0.39 is 11.9 Å². The molecule has 1 amide bonds. The molecule has 2 aromatic rings. The highest BCUT2D eigenvalue weighted by Crippen LogP contribution is 2.11. The van der Waals surface area contributed by atoms with Crippen LogP contribution in [-0.2, 0) is 4.79 Å². The Balaban J connectivity index is 1.79. The van der Waals surface area contributed by atoms with Crippen molar-refractivity contribution in [3.63, 3.8) is 0 Å². The molecule has 0 aliphatic heterocycles. The molecular weight excluding hydrogens is 310 g/mol. The van der Waals surface area contributed by atoms with Gasteiger partial charge in [0.1, 0.15) is 5.75 Å². The number of nitrogens with one attached hydrogen (secondary N) is 1. The molecule has 24 heavy (non-hydrogen) atoms. The highest BCUT2D eigenvalue weighted by atomic mass is 16.5. The molecular formula is C17H13N3O4. The zero-order valence-electron chi connectivity index (χ0n) is 12.5. The van der Waals surface area contributed by atoms with Crippen LogP contribution in [0.4, 0.5) is 0 Å². The van der Waals surface area contributed by atoms with Crippen LogP contribution in [-0.4, -0.2) is 29.8 Å². The van der Waals surface area contributed by atoms with E-state index in [1.165, 1.54) is 18.3 Å². The molecule has 0 aliphatic rings. The topological polar surface area (TPSA) is 112 Å². The largest absolute Gasteiger partial charge is 0.484 e. The van der Waals surface area contributed by atoms with Crippen LogP contribution in [0.3, 0.4) is 0 Å². The average Bonchev–Trinajstić information content (AvgIpc) is 2.61. The third kappa shape index (κ3) is 4.96. The Kier molecular flexibility index (Phi) is 5.64. The minimum atomic E-state index is -1.01. The summed E-state index contributed by atoms with van der Waals surface area (Å²) >= 11 is 0. The van der Waals surface area contributed by atoms with Crippen molar-refractivity contribution in [3.05, 3.63) is 65.2 Å². The number of carboxylic acids is 1. The number of rotatable bonds is 6. The lowest BCUT2D eigenvalue weighted by atomic mass is 10.1. The van der Waals surface area contributed by atoms with Gasteiger partial charge in [-0.3, -0.25) is 4.79 Å². The van der Waals surface area contributed by atoms with Crippen molar-refractivity contribution in [1.29, 1.82) is 5.26 Å². The first-order chi connectivity index (χ1) is 11.6. The van der Waals surface area contributed by atoms with Gasteiger partial charge in [0.15, 0.2) is 6.61 Å². The summed E-state index contributed by atoms with van der Waals surface area (Å²) in [7, 11) is 0. The Morgan fingerprint density at radius 1 is 1.17 bits per heavy atom. The second-order valence-electron chi connectivity index (χ2n) is 4.65. The Morgan fingerprint density at radius 2 is 1.83 bits per heavy atom. The van der Waals surface area contributed by atoms with Crippen molar-refractivity contribution in [2.45, 2.75) is 0 Å². The van der Waals surface area contributed by atoms with Crippen LogP contribution in [0, 0.1) is 11.3 Å². The van der Waals surface area contributed by atoms with Gasteiger partial charge in [0.2, 0.25) is 0 Å². The van der Waals surface area contributed by atoms with Gasteiger partial charge >= 0.3 is 5.97 Å². The fraction of sp³-hybridized carbons (Fsp3) is 0.0588. The van der Waals surface area contributed by atoms with Gasteiger partial charge in [-0.05, 0) is 42.0 Å². The van der Waals surface area contributed by atoms with E-state index in [1.54, 1.807) is 36.4 Å². The van der Waals surface area contributed by atoms with Crippen molar-refractivity contribution in [1.82, 2.24) is 5.43 Å². The van der Waals surface area contributed by atoms with Crippen LogP contribution in [0.5, 0.6) is 5.75 Å². The molecule has 2 aromatic carbocycles. The van der Waals surface area contributed by atoms with Crippen LogP contribution in [0.25, 0.3) is 0 Å². The predicted molar refractivity (Wildman–Crippen MR) is 85.8 cm³/mol. The lowest BCUT2D eigenvalue weighted by Crippen LogP contribution is -2.24. The van der Waals surface area contributed by atoms with Crippen molar-refractivity contribution >= 4 is 18.1 Å². The fourth-order valence-electron chi connectivity index (χ4n) is 1.70. The van der Waals surface area contributed by atoms with E-state index in [4.69, 9.17) is 15.1 Å². The minimum absolute atomic E-state index is 0.173. The Hall–Kier alpha value is -3.66. The summed E-state index contributed by atoms with van der Waals surface area (Å²) < 4.78 is 5.25. The first-order valence-electron chi connectivity index (χ1n) is 6.87. The summed E-state index contributed by atoms with van der Waals surface area (Å²) in [6, 6.07) is 14.4. The lowest BCUT2D eigenvalue weighted by Gasteiger charge is -2.04. The van der Waals surface area contributed by atoms with E-state index in [2.05, 4.69) is 10.5 Å². The first-order valence-corrected chi connectivity index (χ1v) is 6.87. The summed E-state index contributed by atoms with van der Waals surface area (Å²) in [5, 5.41) is 21.2. The number of hydrogen-bond acceptors (Lipinski definition) is 5. The van der Waals surface area contributed by atoms with Crippen LogP contribution >= 0.6 is 0 Å². The second-order valence-corrected chi connectivity index (χ2v) is 4.65. The molecule has 7 nitrogen and oxygen atoms in total. The normalized spacial score (nSPS) is 10.1. The molecule has 0 fully saturated rings. The molecule has 0 heterocycles. The number of carbonyl (C=O) groups is 2. The van der Waals surface area contributed by atoms with E-state index >= 15 is 0 Å². The molecule has 120 valence electrons. The number of carboxylic acid groups (broad SMARTS) is 1. The van der Waals surface area contributed by atoms with Gasteiger partial charge in [0.05, 0.1) is 23.4 Å². The van der Waals surface area contributed by atoms with Crippen molar-refractivity contribution in [2.24, 2.45) is 5.10 Å². The van der Waals surface area contributed by atoms with Crippen molar-refractivity contribution < 1.29 is 19.4 Å². The van der Waals surface area contributed by atoms with Gasteiger partial charge in [-0.2, -0.15) is 10.4 Å². The molecule has 0 saturated carbocycles. The van der Waals surface area contributed by atoms with Gasteiger partial charge in [-0.25, -0.2) is 10.2 Å². The molecule has 2 rings (SSSR count). The Bertz CT molecular complexity index is 790. The Labute approximate surface area is 137 Å². The zero-order valence-corrected chi connectivity index (χ0v) is 12.5. The SMILES string of the molecule is N#Cc1ccc(OCC(=O)N/N=C/c2ccc(C(=O)O)cc2)cc1. The third-order valence-corrected chi connectivity index (χ3v) is 2.91. The van der Waals surface area contributed by atoms with Crippen LogP contribution in [0.1, 0.15) is 21.5 Å². The number of aromatic carboxylic acids is 1. The van der Waals surface area contributed by atoms with Gasteiger partial charge in [0, 0.05) is 0 Å². The predicted octanol–water partition coefficient (Wildman–Crippen LogP) is 1.79. The maximum Gasteiger partial charge on any atom is 0.335 e. The van der Waals surface area contributed by atoms with Crippen molar-refractivity contribution in [2.75, 3.05) is 6.61 Å². The summed E-state index contributed by atoms with van der Waals surface area (Å²) in [5.74, 6) is -0.984. The highest BCUT2D eigenvalue weighted by molar-refractivity contribution is 5.89. The molecule has 7 heteroatoms. The fourth-order valence-corrected chi connectivity index (χ4v) is 1.70. The minimum Gasteiger partial charge on any atom is -0.484 e. The maximum absolute atomic E-state index is 11.6. The summed E-state index contributed by atoms with van der Waals surface area (Å²) in [4.78, 5) is 22.3. The van der Waals surface area contributed by atoms with E-state index in [1.807, 2.05) is 6.07 Å². The summed E-state index contributed by atoms with van der Waals surface area (Å²) in [6.45, 7) is -0.221. The highest BCUT2D eigenvalue weighted by Gasteiger charge is 2.02. The maximum atomic E-state index is 11.6. The standard InChI is InChI=1S/C17H13N3O4/c18-9-12-3-7-15(8-4-12)24-11-16(21)20-19-10-13-1-5-14(6-2-13)17(22)23/h1-8,10H,11H2,(H,20,21)(H,22,23)/b19-10+. The van der Waals surface area contributed by atoms with Crippen LogP contribution in [0.15, 0.2) is 53.6 Å². The second kappa shape index (κ2) is 8.10. The average molecular weight is 323 g/mol. The number of ether oxygens (including phenoxy) is 1. The molecule has 0 aromatic heterocycles. The van der Waals surface area contributed by atoms with Crippen LogP contribution < -0.4 is 10.2 Å². The van der Waals surface area contributed by atoms with Crippen LogP contribution in [0.2, 0.25) is 0 Å². The van der Waals surface area contributed by atoms with E-state index in [-0.39, 0.29) is 12.2 Å². The van der Waals surface area contributed by atoms with E-state index in [0.29, 0.717) is 16.9 Å². The summed E-state index contributed by atoms with van der Waals surface area (Å²) in [6.07, 6.45) is 1.39. The smallest absolute Gasteiger partial charge is 0.335 e. The van der Waals surface area contributed by atoms with E-state index in [9.17, 15) is 9.59 Å². The molecule has 0 spiro atoms. The van der Waals surface area contributed by atoms with E-state index in [0.717, 1.165) is 0 Å². The van der Waals surface area contributed by atoms with Crippen molar-refractivity contribution in [3.8, 4) is 11.8 Å². The van der Waals surface area contributed by atoms with Gasteiger partial charge in [-0.1, -0.05) is 12.1 Å². The number of nitriles is 1. The van der Waals surface area contributed by atoms with Gasteiger partial charge in [-0.15, -0.1) is 0 Å². The number of nitrogens with zero attached hydrogens (tertiary/aromatic N) is 2. The number of hydrazone groups is 1. The zero-order chi connectivity index (χ0) is 17.4. The number of benzene rings is 2. The lowest BCUT2D eigenvalue weighted by molar-refractivity contribution is -0.123. The van der Waals surface area contributed by atoms with Gasteiger partial charge in [0.25, 0.3) is 5.91 Å². The number of carbonyl (C=O) groups excluding carboxylic acids is 1. The quantitative estimate of drug-likeness (QED) is 0.621. The first kappa shape index (κ1) is 16.7. The number of hydrogen-bond donors (Lipinski definition) is 2. The molecule has 0 bridgehead atoms. The molecule has 2 N–H and O–H groups in total. The molecule has 0 atom stereocenters. The molecule has 0 aliphatic carbocycles.